The standard InChI is InChI=1S/C41H41FN4O7S/c1-8-51-21-20-25-16-19-31(44-36(25)37-24(3)28-12-10-11-13-33(28)46(37)40(48)53-41(4,5)6)29-22-30-34(23-32(29)45-54(49,50)9-2)52-38(35(30)39(47)43-7)26-14-17-27(42)18-15-26/h10-23,45H,8-9H2,1-7H3,(H,43,47)/b21-20+. The van der Waals surface area contributed by atoms with Crippen molar-refractivity contribution >= 4 is 55.7 Å². The highest BCUT2D eigenvalue weighted by Gasteiger charge is 2.29. The topological polar surface area (TPSA) is 142 Å². The van der Waals surface area contributed by atoms with Crippen LogP contribution in [0.5, 0.6) is 0 Å². The van der Waals surface area contributed by atoms with Gasteiger partial charge >= 0.3 is 6.09 Å². The highest BCUT2D eigenvalue weighted by molar-refractivity contribution is 7.92. The molecule has 0 bridgehead atoms. The summed E-state index contributed by atoms with van der Waals surface area (Å²) in [5.41, 5.74) is 3.65. The van der Waals surface area contributed by atoms with E-state index in [2.05, 4.69) is 10.0 Å². The number of aromatic nitrogens is 2. The van der Waals surface area contributed by atoms with Crippen molar-refractivity contribution in [2.45, 2.75) is 47.1 Å². The number of furan rings is 1. The van der Waals surface area contributed by atoms with E-state index >= 15 is 0 Å². The van der Waals surface area contributed by atoms with Gasteiger partial charge in [0.05, 0.1) is 52.5 Å². The van der Waals surface area contributed by atoms with Gasteiger partial charge in [0.1, 0.15) is 22.8 Å². The molecule has 0 spiro atoms. The van der Waals surface area contributed by atoms with Crippen LogP contribution in [0.25, 0.3) is 61.9 Å². The Morgan fingerprint density at radius 1 is 1.00 bits per heavy atom. The lowest BCUT2D eigenvalue weighted by Crippen LogP contribution is -2.27. The number of hydrogen-bond acceptors (Lipinski definition) is 8. The van der Waals surface area contributed by atoms with Crippen molar-refractivity contribution in [2.24, 2.45) is 0 Å². The Bertz CT molecular complexity index is 2550. The first-order valence-corrected chi connectivity index (χ1v) is 19.0. The maximum absolute atomic E-state index is 14.0. The number of halogens is 1. The van der Waals surface area contributed by atoms with Crippen LogP contribution in [0.1, 0.15) is 56.1 Å². The van der Waals surface area contributed by atoms with Crippen molar-refractivity contribution in [2.75, 3.05) is 24.1 Å². The SMILES string of the molecule is CCO/C=C/c1ccc(-c2cc3c(C(=O)NC)c(-c4ccc(F)cc4)oc3cc2NS(=O)(=O)CC)nc1-c1c(C)c2ccccc2n1C(=O)OC(C)(C)C. The minimum atomic E-state index is -3.83. The molecule has 11 nitrogen and oxygen atoms in total. The van der Waals surface area contributed by atoms with Gasteiger partial charge in [0.15, 0.2) is 0 Å². The second kappa shape index (κ2) is 14.8. The van der Waals surface area contributed by atoms with Gasteiger partial charge in [-0.05, 0) is 95.6 Å². The average Bonchev–Trinajstić information content (AvgIpc) is 3.65. The van der Waals surface area contributed by atoms with Crippen LogP contribution in [0.3, 0.4) is 0 Å². The largest absolute Gasteiger partial charge is 0.501 e. The van der Waals surface area contributed by atoms with Gasteiger partial charge in [-0.25, -0.2) is 27.2 Å². The number of fused-ring (bicyclic) bond motifs is 2. The first-order valence-electron chi connectivity index (χ1n) is 17.4. The quantitative estimate of drug-likeness (QED) is 0.132. The van der Waals surface area contributed by atoms with Crippen molar-refractivity contribution in [1.29, 1.82) is 0 Å². The number of pyridine rings is 1. The van der Waals surface area contributed by atoms with Crippen molar-refractivity contribution in [1.82, 2.24) is 14.9 Å². The van der Waals surface area contributed by atoms with Crippen LogP contribution in [0.2, 0.25) is 0 Å². The second-order valence-corrected chi connectivity index (χ2v) is 15.5. The van der Waals surface area contributed by atoms with Gasteiger partial charge in [-0.15, -0.1) is 0 Å². The van der Waals surface area contributed by atoms with Gasteiger partial charge in [-0.2, -0.15) is 0 Å². The summed E-state index contributed by atoms with van der Waals surface area (Å²) in [4.78, 5) is 32.6. The molecule has 0 saturated heterocycles. The molecule has 0 aliphatic rings. The van der Waals surface area contributed by atoms with Crippen LogP contribution in [0, 0.1) is 12.7 Å². The lowest BCUT2D eigenvalue weighted by atomic mass is 9.99. The number of anilines is 1. The van der Waals surface area contributed by atoms with E-state index in [9.17, 15) is 22.4 Å². The molecule has 54 heavy (non-hydrogen) atoms. The second-order valence-electron chi connectivity index (χ2n) is 13.5. The van der Waals surface area contributed by atoms with E-state index in [0.29, 0.717) is 51.3 Å². The van der Waals surface area contributed by atoms with Crippen molar-refractivity contribution in [3.63, 3.8) is 0 Å². The van der Waals surface area contributed by atoms with Crippen molar-refractivity contribution in [3.8, 4) is 34.0 Å². The summed E-state index contributed by atoms with van der Waals surface area (Å²) in [6.45, 7) is 11.1. The third-order valence-corrected chi connectivity index (χ3v) is 9.97. The molecule has 0 aliphatic heterocycles. The third-order valence-electron chi connectivity index (χ3n) is 8.68. The summed E-state index contributed by atoms with van der Waals surface area (Å²) >= 11 is 0. The molecule has 0 aliphatic carbocycles. The highest BCUT2D eigenvalue weighted by atomic mass is 32.2. The number of sulfonamides is 1. The lowest BCUT2D eigenvalue weighted by Gasteiger charge is -2.21. The number of ether oxygens (including phenoxy) is 2. The minimum Gasteiger partial charge on any atom is -0.501 e. The Morgan fingerprint density at radius 2 is 1.72 bits per heavy atom. The molecule has 6 aromatic rings. The van der Waals surface area contributed by atoms with Crippen LogP contribution in [0.4, 0.5) is 14.9 Å². The van der Waals surface area contributed by atoms with Crippen molar-refractivity contribution < 1.29 is 36.3 Å². The van der Waals surface area contributed by atoms with Crippen LogP contribution < -0.4 is 10.0 Å². The molecule has 0 saturated carbocycles. The molecular formula is C41H41FN4O7S. The lowest BCUT2D eigenvalue weighted by molar-refractivity contribution is 0.0546. The summed E-state index contributed by atoms with van der Waals surface area (Å²) in [6, 6.07) is 19.6. The molecule has 13 heteroatoms. The zero-order chi connectivity index (χ0) is 38.9. The average molecular weight is 753 g/mol. The number of para-hydroxylation sites is 1. The molecule has 0 unspecified atom stereocenters. The fourth-order valence-electron chi connectivity index (χ4n) is 6.18. The highest BCUT2D eigenvalue weighted by Crippen LogP contribution is 2.42. The Labute approximate surface area is 312 Å². The maximum atomic E-state index is 14.0. The zero-order valence-corrected chi connectivity index (χ0v) is 31.9. The number of carbonyl (C=O) groups is 2. The Morgan fingerprint density at radius 3 is 2.39 bits per heavy atom. The molecular weight excluding hydrogens is 712 g/mol. The monoisotopic (exact) mass is 752 g/mol. The van der Waals surface area contributed by atoms with Crippen LogP contribution in [0.15, 0.2) is 83.5 Å². The van der Waals surface area contributed by atoms with E-state index in [1.54, 1.807) is 51.3 Å². The van der Waals surface area contributed by atoms with E-state index in [1.165, 1.54) is 48.9 Å². The predicted molar refractivity (Wildman–Crippen MR) is 209 cm³/mol. The summed E-state index contributed by atoms with van der Waals surface area (Å²) in [5.74, 6) is -0.976. The molecule has 0 fully saturated rings. The van der Waals surface area contributed by atoms with E-state index in [0.717, 1.165) is 10.9 Å². The van der Waals surface area contributed by atoms with Gasteiger partial charge in [-0.1, -0.05) is 24.3 Å². The number of amides is 1. The van der Waals surface area contributed by atoms with E-state index < -0.39 is 33.4 Å². The fourth-order valence-corrected chi connectivity index (χ4v) is 6.83. The minimum absolute atomic E-state index is 0.146. The molecule has 2 N–H and O–H groups in total. The molecule has 0 radical (unpaired) electrons. The van der Waals surface area contributed by atoms with Crippen LogP contribution in [-0.4, -0.2) is 55.0 Å². The summed E-state index contributed by atoms with van der Waals surface area (Å²) < 4.78 is 61.9. The first kappa shape index (κ1) is 37.8. The van der Waals surface area contributed by atoms with E-state index in [1.807, 2.05) is 38.1 Å². The predicted octanol–water partition coefficient (Wildman–Crippen LogP) is 9.14. The summed E-state index contributed by atoms with van der Waals surface area (Å²) in [6.07, 6.45) is 2.68. The number of nitrogens with zero attached hydrogens (tertiary/aromatic N) is 2. The molecule has 3 heterocycles. The fraction of sp³-hybridized carbons (Fsp3) is 0.244. The summed E-state index contributed by atoms with van der Waals surface area (Å²) in [5, 5.41) is 3.83. The van der Waals surface area contributed by atoms with Gasteiger partial charge in [0.25, 0.3) is 5.91 Å². The van der Waals surface area contributed by atoms with Crippen molar-refractivity contribution in [3.05, 3.63) is 102 Å². The number of carbonyl (C=O) groups excluding carboxylic acids is 2. The van der Waals surface area contributed by atoms with Gasteiger partial charge < -0.3 is 19.2 Å². The first-order chi connectivity index (χ1) is 25.7. The number of aryl methyl sites for hydroxylation is 1. The molecule has 3 aromatic carbocycles. The molecule has 3 aromatic heterocycles. The number of hydrogen-bond donors (Lipinski definition) is 2. The molecule has 1 amide bonds. The molecule has 6 rings (SSSR count). The van der Waals surface area contributed by atoms with Crippen LogP contribution >= 0.6 is 0 Å². The Kier molecular flexibility index (Phi) is 10.4. The zero-order valence-electron chi connectivity index (χ0n) is 31.0. The van der Waals surface area contributed by atoms with Gasteiger partial charge in [0, 0.05) is 40.6 Å². The van der Waals surface area contributed by atoms with Gasteiger partial charge in [-0.3, -0.25) is 9.52 Å². The Hall–Kier alpha value is -5.95. The third kappa shape index (κ3) is 7.44. The summed E-state index contributed by atoms with van der Waals surface area (Å²) in [7, 11) is -2.35. The number of nitrogens with one attached hydrogen (secondary N) is 2. The van der Waals surface area contributed by atoms with E-state index in [4.69, 9.17) is 18.9 Å². The molecule has 280 valence electrons. The molecule has 0 atom stereocenters. The van der Waals surface area contributed by atoms with Gasteiger partial charge in [0.2, 0.25) is 10.0 Å². The normalized spacial score (nSPS) is 12.1. The van der Waals surface area contributed by atoms with E-state index in [-0.39, 0.29) is 28.3 Å². The Balaban J connectivity index is 1.68. The number of benzene rings is 3. The maximum Gasteiger partial charge on any atom is 0.419 e. The smallest absolute Gasteiger partial charge is 0.419 e. The van der Waals surface area contributed by atoms with Crippen LogP contribution in [-0.2, 0) is 19.5 Å². The number of rotatable bonds is 10.